The first kappa shape index (κ1) is 12.4. The summed E-state index contributed by atoms with van der Waals surface area (Å²) in [6, 6.07) is 6.83. The normalized spacial score (nSPS) is 18.3. The van der Waals surface area contributed by atoms with E-state index >= 15 is 0 Å². The first-order valence-corrected chi connectivity index (χ1v) is 5.99. The zero-order chi connectivity index (χ0) is 13.0. The summed E-state index contributed by atoms with van der Waals surface area (Å²) in [6.45, 7) is 3.01. The van der Waals surface area contributed by atoms with Crippen LogP contribution in [0, 0.1) is 0 Å². The number of ether oxygens (including phenoxy) is 1. The smallest absolute Gasteiger partial charge is 0.251 e. The Morgan fingerprint density at radius 1 is 1.44 bits per heavy atom. The first-order valence-electron chi connectivity index (χ1n) is 5.99. The van der Waals surface area contributed by atoms with Crippen LogP contribution in [0.15, 0.2) is 24.3 Å². The number of carbonyl (C=O) groups is 2. The Morgan fingerprint density at radius 2 is 2.17 bits per heavy atom. The Hall–Kier alpha value is -2.04. The van der Waals surface area contributed by atoms with E-state index in [0.29, 0.717) is 25.1 Å². The van der Waals surface area contributed by atoms with Crippen molar-refractivity contribution in [3.63, 3.8) is 0 Å². The minimum absolute atomic E-state index is 0.0213. The Balaban J connectivity index is 1.94. The fourth-order valence-corrected chi connectivity index (χ4v) is 1.85. The molecule has 18 heavy (non-hydrogen) atoms. The van der Waals surface area contributed by atoms with Crippen LogP contribution in [-0.2, 0) is 4.79 Å². The van der Waals surface area contributed by atoms with Gasteiger partial charge in [0, 0.05) is 18.5 Å². The molecule has 1 heterocycles. The molecule has 0 spiro atoms. The Kier molecular flexibility index (Phi) is 3.82. The predicted molar refractivity (Wildman–Crippen MR) is 66.5 cm³/mol. The van der Waals surface area contributed by atoms with Crippen LogP contribution in [-0.4, -0.2) is 31.0 Å². The molecule has 0 radical (unpaired) electrons. The number of nitrogens with one attached hydrogen (secondary N) is 2. The molecule has 1 fully saturated rings. The topological polar surface area (TPSA) is 67.4 Å². The molecule has 1 atom stereocenters. The van der Waals surface area contributed by atoms with Gasteiger partial charge in [0.25, 0.3) is 5.91 Å². The van der Waals surface area contributed by atoms with Crippen LogP contribution in [0.2, 0.25) is 0 Å². The molecule has 1 aliphatic heterocycles. The SMILES string of the molecule is CCOc1ccc(C(=O)NC2CNC(=O)C2)cc1. The van der Waals surface area contributed by atoms with Crippen molar-refractivity contribution in [1.29, 1.82) is 0 Å². The van der Waals surface area contributed by atoms with Crippen LogP contribution in [0.3, 0.4) is 0 Å². The van der Waals surface area contributed by atoms with E-state index in [9.17, 15) is 9.59 Å². The number of amides is 2. The van der Waals surface area contributed by atoms with Crippen LogP contribution >= 0.6 is 0 Å². The summed E-state index contributed by atoms with van der Waals surface area (Å²) >= 11 is 0. The van der Waals surface area contributed by atoms with Gasteiger partial charge in [0.1, 0.15) is 5.75 Å². The van der Waals surface area contributed by atoms with Crippen LogP contribution in [0.4, 0.5) is 0 Å². The van der Waals surface area contributed by atoms with Crippen molar-refractivity contribution >= 4 is 11.8 Å². The monoisotopic (exact) mass is 248 g/mol. The quantitative estimate of drug-likeness (QED) is 0.824. The average molecular weight is 248 g/mol. The predicted octanol–water partition coefficient (Wildman–Crippen LogP) is 0.704. The third-order valence-electron chi connectivity index (χ3n) is 2.74. The second-order valence-electron chi connectivity index (χ2n) is 4.14. The maximum atomic E-state index is 11.9. The third-order valence-corrected chi connectivity index (χ3v) is 2.74. The Morgan fingerprint density at radius 3 is 2.72 bits per heavy atom. The van der Waals surface area contributed by atoms with Gasteiger partial charge in [-0.2, -0.15) is 0 Å². The van der Waals surface area contributed by atoms with E-state index in [1.807, 2.05) is 6.92 Å². The van der Waals surface area contributed by atoms with E-state index in [4.69, 9.17) is 4.74 Å². The lowest BCUT2D eigenvalue weighted by molar-refractivity contribution is -0.119. The second kappa shape index (κ2) is 5.53. The van der Waals surface area contributed by atoms with E-state index < -0.39 is 0 Å². The van der Waals surface area contributed by atoms with Crippen LogP contribution in [0.5, 0.6) is 5.75 Å². The van der Waals surface area contributed by atoms with Gasteiger partial charge in [-0.3, -0.25) is 9.59 Å². The highest BCUT2D eigenvalue weighted by Gasteiger charge is 2.23. The van der Waals surface area contributed by atoms with Crippen LogP contribution in [0.1, 0.15) is 23.7 Å². The number of hydrogen-bond donors (Lipinski definition) is 2. The third kappa shape index (κ3) is 3.00. The van der Waals surface area contributed by atoms with E-state index in [0.717, 1.165) is 5.75 Å². The number of carbonyl (C=O) groups excluding carboxylic acids is 2. The molecule has 5 heteroatoms. The molecule has 0 aromatic heterocycles. The fourth-order valence-electron chi connectivity index (χ4n) is 1.85. The van der Waals surface area contributed by atoms with Gasteiger partial charge >= 0.3 is 0 Å². The van der Waals surface area contributed by atoms with E-state index in [1.54, 1.807) is 24.3 Å². The van der Waals surface area contributed by atoms with Gasteiger partial charge in [0.05, 0.1) is 12.6 Å². The van der Waals surface area contributed by atoms with Gasteiger partial charge in [-0.25, -0.2) is 0 Å². The standard InChI is InChI=1S/C13H16N2O3/c1-2-18-11-5-3-9(4-6-11)13(17)15-10-7-12(16)14-8-10/h3-6,10H,2,7-8H2,1H3,(H,14,16)(H,15,17). The molecule has 1 aromatic carbocycles. The molecule has 2 N–H and O–H groups in total. The summed E-state index contributed by atoms with van der Waals surface area (Å²) < 4.78 is 5.30. The van der Waals surface area contributed by atoms with Gasteiger partial charge < -0.3 is 15.4 Å². The molecule has 0 saturated carbocycles. The average Bonchev–Trinajstić information content (AvgIpc) is 2.76. The molecule has 0 bridgehead atoms. The number of rotatable bonds is 4. The van der Waals surface area contributed by atoms with Gasteiger partial charge in [0.15, 0.2) is 0 Å². The van der Waals surface area contributed by atoms with E-state index in [1.165, 1.54) is 0 Å². The Labute approximate surface area is 106 Å². The van der Waals surface area contributed by atoms with Crippen molar-refractivity contribution in [2.45, 2.75) is 19.4 Å². The molecule has 5 nitrogen and oxygen atoms in total. The van der Waals surface area contributed by atoms with E-state index in [-0.39, 0.29) is 17.9 Å². The van der Waals surface area contributed by atoms with Gasteiger partial charge in [-0.15, -0.1) is 0 Å². The van der Waals surface area contributed by atoms with Crippen molar-refractivity contribution in [1.82, 2.24) is 10.6 Å². The summed E-state index contributed by atoms with van der Waals surface area (Å²) in [6.07, 6.45) is 0.350. The van der Waals surface area contributed by atoms with Crippen molar-refractivity contribution in [3.8, 4) is 5.75 Å². The summed E-state index contributed by atoms with van der Waals surface area (Å²) in [5.74, 6) is 0.554. The summed E-state index contributed by atoms with van der Waals surface area (Å²) in [5, 5.41) is 5.49. The summed E-state index contributed by atoms with van der Waals surface area (Å²) in [5.41, 5.74) is 0.567. The molecule has 1 aliphatic rings. The molecule has 2 amide bonds. The number of hydrogen-bond acceptors (Lipinski definition) is 3. The lowest BCUT2D eigenvalue weighted by atomic mass is 10.2. The largest absolute Gasteiger partial charge is 0.494 e. The summed E-state index contributed by atoms with van der Waals surface area (Å²) in [7, 11) is 0. The molecule has 1 saturated heterocycles. The van der Waals surface area contributed by atoms with Crippen LogP contribution < -0.4 is 15.4 Å². The van der Waals surface area contributed by atoms with Crippen LogP contribution in [0.25, 0.3) is 0 Å². The highest BCUT2D eigenvalue weighted by molar-refractivity contribution is 5.95. The highest BCUT2D eigenvalue weighted by atomic mass is 16.5. The van der Waals surface area contributed by atoms with Crippen molar-refractivity contribution in [2.24, 2.45) is 0 Å². The molecule has 2 rings (SSSR count). The first-order chi connectivity index (χ1) is 8.69. The van der Waals surface area contributed by atoms with E-state index in [2.05, 4.69) is 10.6 Å². The second-order valence-corrected chi connectivity index (χ2v) is 4.14. The lowest BCUT2D eigenvalue weighted by Crippen LogP contribution is -2.36. The minimum Gasteiger partial charge on any atom is -0.494 e. The maximum Gasteiger partial charge on any atom is 0.251 e. The highest BCUT2D eigenvalue weighted by Crippen LogP contribution is 2.12. The summed E-state index contributed by atoms with van der Waals surface area (Å²) in [4.78, 5) is 22.9. The fraction of sp³-hybridized carbons (Fsp3) is 0.385. The van der Waals surface area contributed by atoms with Crippen molar-refractivity contribution < 1.29 is 14.3 Å². The van der Waals surface area contributed by atoms with Gasteiger partial charge in [-0.1, -0.05) is 0 Å². The van der Waals surface area contributed by atoms with Crippen molar-refractivity contribution in [3.05, 3.63) is 29.8 Å². The van der Waals surface area contributed by atoms with Gasteiger partial charge in [-0.05, 0) is 31.2 Å². The number of benzene rings is 1. The molecule has 1 unspecified atom stereocenters. The maximum absolute atomic E-state index is 11.9. The molecular weight excluding hydrogens is 232 g/mol. The Bertz CT molecular complexity index is 442. The lowest BCUT2D eigenvalue weighted by Gasteiger charge is -2.10. The molecular formula is C13H16N2O3. The molecule has 1 aromatic rings. The molecule has 0 aliphatic carbocycles. The zero-order valence-corrected chi connectivity index (χ0v) is 10.2. The zero-order valence-electron chi connectivity index (χ0n) is 10.2. The molecule has 96 valence electrons. The van der Waals surface area contributed by atoms with Gasteiger partial charge in [0.2, 0.25) is 5.91 Å². The minimum atomic E-state index is -0.167. The van der Waals surface area contributed by atoms with Crippen molar-refractivity contribution in [2.75, 3.05) is 13.2 Å².